The Morgan fingerprint density at radius 2 is 2.08 bits per heavy atom. The summed E-state index contributed by atoms with van der Waals surface area (Å²) in [4.78, 5) is 14.6. The number of carbonyl (C=O) groups excluding carboxylic acids is 1. The van der Waals surface area contributed by atoms with E-state index in [-0.39, 0.29) is 18.6 Å². The first-order valence-corrected chi connectivity index (χ1v) is 9.44. The lowest BCUT2D eigenvalue weighted by Crippen LogP contribution is -2.41. The lowest BCUT2D eigenvalue weighted by Gasteiger charge is -2.23. The highest BCUT2D eigenvalue weighted by Gasteiger charge is 2.28. The molecule has 138 valence electrons. The van der Waals surface area contributed by atoms with Crippen molar-refractivity contribution in [1.29, 1.82) is 0 Å². The Morgan fingerprint density at radius 3 is 2.88 bits per heavy atom. The van der Waals surface area contributed by atoms with E-state index < -0.39 is 0 Å². The molecule has 6 nitrogen and oxygen atoms in total. The maximum absolute atomic E-state index is 12.2. The quantitative estimate of drug-likeness (QED) is 0.861. The minimum Gasteiger partial charge on any atom is -0.484 e. The van der Waals surface area contributed by atoms with Crippen LogP contribution in [0.15, 0.2) is 34.9 Å². The second-order valence-corrected chi connectivity index (χ2v) is 7.12. The molecule has 1 aromatic carbocycles. The zero-order valence-electron chi connectivity index (χ0n) is 14.9. The summed E-state index contributed by atoms with van der Waals surface area (Å²) in [5.41, 5.74) is 2.24. The first-order valence-electron chi connectivity index (χ1n) is 9.44. The number of aryl methyl sites for hydroxylation is 1. The van der Waals surface area contributed by atoms with Crippen molar-refractivity contribution in [2.24, 2.45) is 0 Å². The van der Waals surface area contributed by atoms with Crippen LogP contribution in [0, 0.1) is 0 Å². The normalized spacial score (nSPS) is 19.9. The first-order chi connectivity index (χ1) is 12.8. The van der Waals surface area contributed by atoms with E-state index in [1.54, 1.807) is 0 Å². The second kappa shape index (κ2) is 7.91. The second-order valence-electron chi connectivity index (χ2n) is 7.12. The number of benzene rings is 1. The van der Waals surface area contributed by atoms with Gasteiger partial charge in [0.2, 0.25) is 0 Å². The summed E-state index contributed by atoms with van der Waals surface area (Å²) in [6, 6.07) is 9.52. The molecule has 1 N–H and O–H groups in total. The van der Waals surface area contributed by atoms with Gasteiger partial charge in [0.15, 0.2) is 6.61 Å². The van der Waals surface area contributed by atoms with Gasteiger partial charge in [0.05, 0.1) is 0 Å². The molecule has 1 aromatic heterocycles. The third kappa shape index (κ3) is 4.07. The van der Waals surface area contributed by atoms with Crippen molar-refractivity contribution < 1.29 is 14.1 Å². The van der Waals surface area contributed by atoms with Crippen LogP contribution in [0.3, 0.4) is 0 Å². The van der Waals surface area contributed by atoms with Gasteiger partial charge >= 0.3 is 0 Å². The minimum atomic E-state index is -0.0835. The Morgan fingerprint density at radius 1 is 1.27 bits per heavy atom. The fourth-order valence-electron chi connectivity index (χ4n) is 3.80. The zero-order valence-corrected chi connectivity index (χ0v) is 14.9. The minimum absolute atomic E-state index is 0.0393. The molecule has 1 amide bonds. The highest BCUT2D eigenvalue weighted by atomic mass is 16.5. The van der Waals surface area contributed by atoms with Gasteiger partial charge in [0.25, 0.3) is 5.91 Å². The number of aromatic nitrogens is 1. The summed E-state index contributed by atoms with van der Waals surface area (Å²) in [5, 5.41) is 7.39. The van der Waals surface area contributed by atoms with E-state index in [1.807, 2.05) is 30.3 Å². The number of likely N-dealkylation sites (tertiary alicyclic amines) is 1. The van der Waals surface area contributed by atoms with Crippen LogP contribution < -0.4 is 10.1 Å². The van der Waals surface area contributed by atoms with Gasteiger partial charge in [-0.05, 0) is 50.9 Å². The molecule has 0 radical (unpaired) electrons. The van der Waals surface area contributed by atoms with Crippen molar-refractivity contribution in [3.05, 3.63) is 47.3 Å². The van der Waals surface area contributed by atoms with Crippen molar-refractivity contribution in [2.75, 3.05) is 19.7 Å². The molecule has 0 saturated carbocycles. The summed E-state index contributed by atoms with van der Waals surface area (Å²) < 4.78 is 11.1. The first kappa shape index (κ1) is 17.1. The average molecular weight is 355 g/mol. The van der Waals surface area contributed by atoms with E-state index >= 15 is 0 Å². The summed E-state index contributed by atoms with van der Waals surface area (Å²) in [6.45, 7) is 3.17. The van der Waals surface area contributed by atoms with E-state index in [2.05, 4.69) is 15.4 Å². The SMILES string of the molecule is O=C(COc1ccccc1)NC1CCc2onc(CN3CCCC3)c2C1. The maximum atomic E-state index is 12.2. The molecule has 2 aromatic rings. The molecule has 1 aliphatic carbocycles. The number of fused-ring (bicyclic) bond motifs is 1. The highest BCUT2D eigenvalue weighted by Crippen LogP contribution is 2.26. The summed E-state index contributed by atoms with van der Waals surface area (Å²) in [7, 11) is 0. The predicted octanol–water partition coefficient (Wildman–Crippen LogP) is 2.32. The topological polar surface area (TPSA) is 67.6 Å². The third-order valence-corrected chi connectivity index (χ3v) is 5.17. The Hall–Kier alpha value is -2.34. The standard InChI is InChI=1S/C20H25N3O3/c24-20(14-25-16-6-2-1-3-7-16)21-15-8-9-19-17(12-15)18(22-26-19)13-23-10-4-5-11-23/h1-3,6-7,15H,4-5,8-14H2,(H,21,24). The van der Waals surface area contributed by atoms with Gasteiger partial charge in [-0.1, -0.05) is 23.4 Å². The molecule has 1 unspecified atom stereocenters. The molecule has 6 heteroatoms. The number of rotatable bonds is 6. The van der Waals surface area contributed by atoms with E-state index in [9.17, 15) is 4.79 Å². The van der Waals surface area contributed by atoms with E-state index in [0.29, 0.717) is 5.75 Å². The van der Waals surface area contributed by atoms with Crippen LogP contribution in [0.2, 0.25) is 0 Å². The largest absolute Gasteiger partial charge is 0.484 e. The van der Waals surface area contributed by atoms with Crippen LogP contribution in [0.25, 0.3) is 0 Å². The maximum Gasteiger partial charge on any atom is 0.258 e. The Bertz CT molecular complexity index is 738. The van der Waals surface area contributed by atoms with Crippen LogP contribution >= 0.6 is 0 Å². The van der Waals surface area contributed by atoms with Crippen LogP contribution in [-0.2, 0) is 24.2 Å². The van der Waals surface area contributed by atoms with E-state index in [1.165, 1.54) is 18.4 Å². The number of para-hydroxylation sites is 1. The van der Waals surface area contributed by atoms with Crippen molar-refractivity contribution in [3.63, 3.8) is 0 Å². The number of nitrogens with zero attached hydrogens (tertiary/aromatic N) is 2. The molecule has 1 aliphatic heterocycles. The molecule has 1 saturated heterocycles. The average Bonchev–Trinajstić information content (AvgIpc) is 3.32. The van der Waals surface area contributed by atoms with Gasteiger partial charge in [0, 0.05) is 24.6 Å². The number of carbonyl (C=O) groups is 1. The molecule has 0 spiro atoms. The van der Waals surface area contributed by atoms with E-state index in [4.69, 9.17) is 9.26 Å². The molecule has 26 heavy (non-hydrogen) atoms. The molecule has 4 rings (SSSR count). The van der Waals surface area contributed by atoms with Crippen molar-refractivity contribution >= 4 is 5.91 Å². The van der Waals surface area contributed by atoms with Gasteiger partial charge in [-0.2, -0.15) is 0 Å². The molecular formula is C20H25N3O3. The summed E-state index contributed by atoms with van der Waals surface area (Å²) in [6.07, 6.45) is 5.02. The van der Waals surface area contributed by atoms with Crippen LogP contribution in [0.1, 0.15) is 36.3 Å². The van der Waals surface area contributed by atoms with Crippen LogP contribution in [-0.4, -0.2) is 41.7 Å². The van der Waals surface area contributed by atoms with Gasteiger partial charge in [-0.15, -0.1) is 0 Å². The van der Waals surface area contributed by atoms with Crippen molar-refractivity contribution in [1.82, 2.24) is 15.4 Å². The number of hydrogen-bond acceptors (Lipinski definition) is 5. The zero-order chi connectivity index (χ0) is 17.8. The van der Waals surface area contributed by atoms with Gasteiger partial charge in [0.1, 0.15) is 17.2 Å². The fraction of sp³-hybridized carbons (Fsp3) is 0.500. The number of amides is 1. The molecule has 1 fully saturated rings. The summed E-state index contributed by atoms with van der Waals surface area (Å²) >= 11 is 0. The summed E-state index contributed by atoms with van der Waals surface area (Å²) in [5.74, 6) is 1.62. The van der Waals surface area contributed by atoms with Gasteiger partial charge < -0.3 is 14.6 Å². The number of hydrogen-bond donors (Lipinski definition) is 1. The fourth-order valence-corrected chi connectivity index (χ4v) is 3.80. The predicted molar refractivity (Wildman–Crippen MR) is 96.9 cm³/mol. The Labute approximate surface area is 153 Å². The molecule has 2 aliphatic rings. The number of ether oxygens (including phenoxy) is 1. The number of nitrogens with one attached hydrogen (secondary N) is 1. The van der Waals surface area contributed by atoms with Crippen molar-refractivity contribution in [2.45, 2.75) is 44.7 Å². The molecule has 0 bridgehead atoms. The van der Waals surface area contributed by atoms with Crippen molar-refractivity contribution in [3.8, 4) is 5.75 Å². The van der Waals surface area contributed by atoms with Gasteiger partial charge in [-0.25, -0.2) is 0 Å². The van der Waals surface area contributed by atoms with Crippen LogP contribution in [0.5, 0.6) is 5.75 Å². The van der Waals surface area contributed by atoms with Crippen LogP contribution in [0.4, 0.5) is 0 Å². The molecule has 1 atom stereocenters. The Balaban J connectivity index is 1.31. The monoisotopic (exact) mass is 355 g/mol. The van der Waals surface area contributed by atoms with E-state index in [0.717, 1.165) is 50.4 Å². The smallest absolute Gasteiger partial charge is 0.258 e. The highest BCUT2D eigenvalue weighted by molar-refractivity contribution is 5.77. The lowest BCUT2D eigenvalue weighted by atomic mass is 9.92. The third-order valence-electron chi connectivity index (χ3n) is 5.17. The molecule has 2 heterocycles. The molecular weight excluding hydrogens is 330 g/mol. The lowest BCUT2D eigenvalue weighted by molar-refractivity contribution is -0.123. The Kier molecular flexibility index (Phi) is 5.20. The van der Waals surface area contributed by atoms with Gasteiger partial charge in [-0.3, -0.25) is 9.69 Å².